The highest BCUT2D eigenvalue weighted by atomic mass is 19.4. The maximum atomic E-state index is 13.1. The van der Waals surface area contributed by atoms with Gasteiger partial charge in [0, 0.05) is 17.8 Å². The summed E-state index contributed by atoms with van der Waals surface area (Å²) in [6, 6.07) is 4.07. The molecular formula is C15H16F3N3O. The van der Waals surface area contributed by atoms with Crippen molar-refractivity contribution in [3.63, 3.8) is 0 Å². The summed E-state index contributed by atoms with van der Waals surface area (Å²) in [4.78, 5) is 7.62. The van der Waals surface area contributed by atoms with Crippen LogP contribution in [-0.4, -0.2) is 17.1 Å². The molecule has 2 aromatic heterocycles. The molecule has 4 nitrogen and oxygen atoms in total. The normalized spacial score (nSPS) is 11.8. The zero-order chi connectivity index (χ0) is 16.5. The number of ether oxygens (including phenoxy) is 1. The molecule has 0 aromatic carbocycles. The van der Waals surface area contributed by atoms with Crippen molar-refractivity contribution in [2.75, 3.05) is 12.8 Å². The van der Waals surface area contributed by atoms with Crippen LogP contribution in [0.2, 0.25) is 0 Å². The van der Waals surface area contributed by atoms with Gasteiger partial charge in [0.15, 0.2) is 0 Å². The molecule has 0 aliphatic carbocycles. The van der Waals surface area contributed by atoms with Crippen LogP contribution < -0.4 is 10.5 Å². The average molecular weight is 311 g/mol. The smallest absolute Gasteiger partial charge is 0.433 e. The Morgan fingerprint density at radius 3 is 2.45 bits per heavy atom. The van der Waals surface area contributed by atoms with E-state index in [1.807, 2.05) is 0 Å². The quantitative estimate of drug-likeness (QED) is 0.934. The van der Waals surface area contributed by atoms with E-state index in [0.29, 0.717) is 11.4 Å². The molecular weight excluding hydrogens is 295 g/mol. The fraction of sp³-hybridized carbons (Fsp3) is 0.333. The summed E-state index contributed by atoms with van der Waals surface area (Å²) in [6.45, 7) is 3.49. The van der Waals surface area contributed by atoms with Crippen molar-refractivity contribution in [1.82, 2.24) is 9.97 Å². The van der Waals surface area contributed by atoms with Crippen molar-refractivity contribution in [3.05, 3.63) is 35.8 Å². The molecule has 0 amide bonds. The molecule has 2 aromatic rings. The van der Waals surface area contributed by atoms with Gasteiger partial charge in [0.2, 0.25) is 5.88 Å². The van der Waals surface area contributed by atoms with Gasteiger partial charge >= 0.3 is 6.18 Å². The largest absolute Gasteiger partial charge is 0.481 e. The number of hydrogen-bond donors (Lipinski definition) is 1. The monoisotopic (exact) mass is 311 g/mol. The van der Waals surface area contributed by atoms with E-state index in [4.69, 9.17) is 10.5 Å². The molecule has 0 radical (unpaired) electrons. The highest BCUT2D eigenvalue weighted by Crippen LogP contribution is 2.37. The van der Waals surface area contributed by atoms with Gasteiger partial charge in [-0.2, -0.15) is 13.2 Å². The number of rotatable bonds is 3. The standard InChI is InChI=1S/C15H16F3N3O/c1-8(2)14-13(19)10(7-11(21-14)15(16,17)18)9-4-5-20-12(6-9)22-3/h4-8H,19H2,1-3H3. The second kappa shape index (κ2) is 5.82. The Kier molecular flexibility index (Phi) is 4.25. The number of halogens is 3. The number of aromatic nitrogens is 2. The van der Waals surface area contributed by atoms with Gasteiger partial charge in [-0.25, -0.2) is 9.97 Å². The minimum absolute atomic E-state index is 0.223. The van der Waals surface area contributed by atoms with Gasteiger partial charge in [0.1, 0.15) is 5.69 Å². The van der Waals surface area contributed by atoms with Gasteiger partial charge < -0.3 is 10.5 Å². The zero-order valence-corrected chi connectivity index (χ0v) is 12.4. The molecule has 118 valence electrons. The number of pyridine rings is 2. The fourth-order valence-corrected chi connectivity index (χ4v) is 2.09. The van der Waals surface area contributed by atoms with Crippen molar-refractivity contribution in [3.8, 4) is 17.0 Å². The fourth-order valence-electron chi connectivity index (χ4n) is 2.09. The number of methoxy groups -OCH3 is 1. The van der Waals surface area contributed by atoms with Gasteiger partial charge in [0.05, 0.1) is 18.5 Å². The third-order valence-electron chi connectivity index (χ3n) is 3.18. The van der Waals surface area contributed by atoms with E-state index >= 15 is 0 Å². The molecule has 2 N–H and O–H groups in total. The van der Waals surface area contributed by atoms with Gasteiger partial charge in [-0.3, -0.25) is 0 Å². The van der Waals surface area contributed by atoms with Crippen molar-refractivity contribution in [2.24, 2.45) is 0 Å². The van der Waals surface area contributed by atoms with Crippen molar-refractivity contribution >= 4 is 5.69 Å². The Morgan fingerprint density at radius 1 is 1.23 bits per heavy atom. The second-order valence-electron chi connectivity index (χ2n) is 5.09. The van der Waals surface area contributed by atoms with E-state index < -0.39 is 11.9 Å². The van der Waals surface area contributed by atoms with E-state index in [-0.39, 0.29) is 22.9 Å². The summed E-state index contributed by atoms with van der Waals surface area (Å²) in [7, 11) is 1.43. The molecule has 0 aliphatic rings. The molecule has 7 heteroatoms. The lowest BCUT2D eigenvalue weighted by molar-refractivity contribution is -0.141. The van der Waals surface area contributed by atoms with Gasteiger partial charge in [-0.1, -0.05) is 13.8 Å². The van der Waals surface area contributed by atoms with Crippen molar-refractivity contribution in [1.29, 1.82) is 0 Å². The van der Waals surface area contributed by atoms with E-state index in [9.17, 15) is 13.2 Å². The minimum Gasteiger partial charge on any atom is -0.481 e. The first-order valence-corrected chi connectivity index (χ1v) is 6.62. The molecule has 0 spiro atoms. The maximum Gasteiger partial charge on any atom is 0.433 e. The van der Waals surface area contributed by atoms with Crippen LogP contribution in [0.1, 0.15) is 31.2 Å². The predicted octanol–water partition coefficient (Wildman–Crippen LogP) is 3.88. The summed E-state index contributed by atoms with van der Waals surface area (Å²) < 4.78 is 44.2. The van der Waals surface area contributed by atoms with Crippen LogP contribution in [0, 0.1) is 0 Å². The van der Waals surface area contributed by atoms with Crippen LogP contribution in [0.3, 0.4) is 0 Å². The first kappa shape index (κ1) is 16.1. The maximum absolute atomic E-state index is 13.1. The van der Waals surface area contributed by atoms with Gasteiger partial charge in [-0.05, 0) is 23.6 Å². The summed E-state index contributed by atoms with van der Waals surface area (Å²) in [5.41, 5.74) is 6.29. The summed E-state index contributed by atoms with van der Waals surface area (Å²) in [5.74, 6) is 0.0677. The number of nitrogens with two attached hydrogens (primary N) is 1. The number of alkyl halides is 3. The van der Waals surface area contributed by atoms with Crippen LogP contribution in [0.25, 0.3) is 11.1 Å². The summed E-state index contributed by atoms with van der Waals surface area (Å²) in [5, 5.41) is 0. The summed E-state index contributed by atoms with van der Waals surface area (Å²) >= 11 is 0. The molecule has 0 saturated carbocycles. The Balaban J connectivity index is 2.70. The van der Waals surface area contributed by atoms with Crippen molar-refractivity contribution in [2.45, 2.75) is 25.9 Å². The SMILES string of the molecule is COc1cc(-c2cc(C(F)(F)F)nc(C(C)C)c2N)ccn1. The molecule has 0 bridgehead atoms. The summed E-state index contributed by atoms with van der Waals surface area (Å²) in [6.07, 6.45) is -3.08. The molecule has 0 atom stereocenters. The zero-order valence-electron chi connectivity index (χ0n) is 12.4. The predicted molar refractivity (Wildman–Crippen MR) is 77.5 cm³/mol. The molecule has 0 saturated heterocycles. The Hall–Kier alpha value is -2.31. The second-order valence-corrected chi connectivity index (χ2v) is 5.09. The number of nitrogens with zero attached hydrogens (tertiary/aromatic N) is 2. The van der Waals surface area contributed by atoms with Crippen LogP contribution in [0.15, 0.2) is 24.4 Å². The molecule has 22 heavy (non-hydrogen) atoms. The Labute approximate surface area is 126 Å². The third-order valence-corrected chi connectivity index (χ3v) is 3.18. The molecule has 0 aliphatic heterocycles. The Morgan fingerprint density at radius 2 is 1.91 bits per heavy atom. The lowest BCUT2D eigenvalue weighted by Gasteiger charge is -2.17. The van der Waals surface area contributed by atoms with E-state index in [1.165, 1.54) is 19.4 Å². The van der Waals surface area contributed by atoms with Gasteiger partial charge in [-0.15, -0.1) is 0 Å². The van der Waals surface area contributed by atoms with Crippen LogP contribution in [0.5, 0.6) is 5.88 Å². The molecule has 2 heterocycles. The van der Waals surface area contributed by atoms with Crippen LogP contribution >= 0.6 is 0 Å². The molecule has 0 unspecified atom stereocenters. The topological polar surface area (TPSA) is 61.0 Å². The lowest BCUT2D eigenvalue weighted by atomic mass is 9.98. The number of anilines is 1. The van der Waals surface area contributed by atoms with Crippen LogP contribution in [0.4, 0.5) is 18.9 Å². The lowest BCUT2D eigenvalue weighted by Crippen LogP contribution is -2.13. The van der Waals surface area contributed by atoms with Crippen molar-refractivity contribution < 1.29 is 17.9 Å². The molecule has 2 rings (SSSR count). The first-order valence-electron chi connectivity index (χ1n) is 6.62. The number of hydrogen-bond acceptors (Lipinski definition) is 4. The minimum atomic E-state index is -4.54. The highest BCUT2D eigenvalue weighted by Gasteiger charge is 2.34. The highest BCUT2D eigenvalue weighted by molar-refractivity contribution is 5.78. The van der Waals surface area contributed by atoms with Gasteiger partial charge in [0.25, 0.3) is 0 Å². The van der Waals surface area contributed by atoms with E-state index in [0.717, 1.165) is 6.07 Å². The third kappa shape index (κ3) is 3.13. The van der Waals surface area contributed by atoms with E-state index in [2.05, 4.69) is 9.97 Å². The first-order chi connectivity index (χ1) is 10.2. The molecule has 0 fully saturated rings. The van der Waals surface area contributed by atoms with Crippen LogP contribution in [-0.2, 0) is 6.18 Å². The van der Waals surface area contributed by atoms with E-state index in [1.54, 1.807) is 19.9 Å². The number of nitrogen functional groups attached to an aromatic ring is 1. The average Bonchev–Trinajstić information content (AvgIpc) is 2.46. The Bertz CT molecular complexity index is 684.